The van der Waals surface area contributed by atoms with Crippen molar-refractivity contribution in [3.05, 3.63) is 95.6 Å². The third kappa shape index (κ3) is 4.79. The molecule has 0 amide bonds. The lowest BCUT2D eigenvalue weighted by Crippen LogP contribution is -2.55. The van der Waals surface area contributed by atoms with Gasteiger partial charge in [0.25, 0.3) is 10.0 Å². The first-order chi connectivity index (χ1) is 19.9. The van der Waals surface area contributed by atoms with Crippen LogP contribution in [0, 0.1) is 36.5 Å². The van der Waals surface area contributed by atoms with Gasteiger partial charge in [0.2, 0.25) is 0 Å². The first-order valence-electron chi connectivity index (χ1n) is 15.2. The molecule has 3 aliphatic rings. The second-order valence-electron chi connectivity index (χ2n) is 13.6. The highest BCUT2D eigenvalue weighted by Gasteiger charge is 2.69. The number of hydrogen-bond donors (Lipinski definition) is 1. The molecule has 1 aliphatic heterocycles. The molecule has 2 saturated carbocycles. The van der Waals surface area contributed by atoms with Crippen LogP contribution in [0.5, 0.6) is 0 Å². The van der Waals surface area contributed by atoms with Crippen LogP contribution in [0.2, 0.25) is 0 Å². The lowest BCUT2D eigenvalue weighted by Gasteiger charge is -2.46. The van der Waals surface area contributed by atoms with Crippen molar-refractivity contribution in [3.63, 3.8) is 0 Å². The lowest BCUT2D eigenvalue weighted by molar-refractivity contribution is -0.271. The van der Waals surface area contributed by atoms with Crippen molar-refractivity contribution in [2.75, 3.05) is 4.31 Å². The van der Waals surface area contributed by atoms with Crippen LogP contribution in [-0.2, 0) is 19.6 Å². The minimum absolute atomic E-state index is 0.0779. The zero-order chi connectivity index (χ0) is 29.9. The Kier molecular flexibility index (Phi) is 7.53. The quantitative estimate of drug-likeness (QED) is 0.313. The second kappa shape index (κ2) is 10.8. The average molecular weight is 589 g/mol. The number of nitrogens with zero attached hydrogens (tertiary/aromatic N) is 1. The standard InChI is InChI=1S/C35H44N2O4S/c1-23-19-24(2)21-27(20-23)37(42(38,39)28-15-11-8-12-16-28)31-29-17-18-35(6,34(29,4)5)32(31)40-33-25(3)22-30(36-41-33)26-13-9-7-10-14-26/h7-16,19-21,25,29-33,36H,17-18,22H2,1-6H3/t25-,29+,30?,31+,32+,33+,35-/m0/s1. The van der Waals surface area contributed by atoms with Gasteiger partial charge in [-0.25, -0.2) is 8.42 Å². The molecule has 0 radical (unpaired) electrons. The largest absolute Gasteiger partial charge is 0.345 e. The summed E-state index contributed by atoms with van der Waals surface area (Å²) in [7, 11) is -3.91. The maximum Gasteiger partial charge on any atom is 0.264 e. The molecule has 1 unspecified atom stereocenters. The summed E-state index contributed by atoms with van der Waals surface area (Å²) in [5, 5.41) is 0. The van der Waals surface area contributed by atoms with Crippen molar-refractivity contribution in [1.29, 1.82) is 0 Å². The van der Waals surface area contributed by atoms with Crippen molar-refractivity contribution in [2.24, 2.45) is 22.7 Å². The monoisotopic (exact) mass is 588 g/mol. The van der Waals surface area contributed by atoms with E-state index >= 15 is 0 Å². The molecule has 1 N–H and O–H groups in total. The summed E-state index contributed by atoms with van der Waals surface area (Å²) in [6.45, 7) is 13.1. The first-order valence-corrected chi connectivity index (χ1v) is 16.7. The molecule has 6 nitrogen and oxygen atoms in total. The van der Waals surface area contributed by atoms with E-state index in [9.17, 15) is 8.42 Å². The van der Waals surface area contributed by atoms with Crippen LogP contribution in [0.3, 0.4) is 0 Å². The number of anilines is 1. The van der Waals surface area contributed by atoms with Crippen molar-refractivity contribution in [2.45, 2.75) is 90.2 Å². The molecule has 3 aromatic rings. The highest BCUT2D eigenvalue weighted by atomic mass is 32.2. The number of sulfonamides is 1. The molecule has 1 saturated heterocycles. The Bertz CT molecular complexity index is 1510. The number of fused-ring (bicyclic) bond motifs is 2. The van der Waals surface area contributed by atoms with Crippen molar-refractivity contribution in [1.82, 2.24) is 5.48 Å². The fourth-order valence-electron chi connectivity index (χ4n) is 8.02. The SMILES string of the molecule is Cc1cc(C)cc(N([C@@H]2[C@H]3CC[C@@](C)([C@@H]2O[C@@H]2ONC(c4ccccc4)C[C@@H]2C)C3(C)C)S(=O)(=O)c2ccccc2)c1. The zero-order valence-electron chi connectivity index (χ0n) is 25.6. The van der Waals surface area contributed by atoms with Gasteiger partial charge in [-0.15, -0.1) is 0 Å². The van der Waals surface area contributed by atoms with E-state index < -0.39 is 16.3 Å². The second-order valence-corrected chi connectivity index (χ2v) is 15.4. The van der Waals surface area contributed by atoms with E-state index in [0.717, 1.165) is 30.4 Å². The van der Waals surface area contributed by atoms with Gasteiger partial charge in [-0.3, -0.25) is 9.14 Å². The van der Waals surface area contributed by atoms with Crippen molar-refractivity contribution >= 4 is 15.7 Å². The molecule has 6 rings (SSSR count). The number of hydrogen-bond acceptors (Lipinski definition) is 5. The van der Waals surface area contributed by atoms with Gasteiger partial charge in [-0.1, -0.05) is 82.3 Å². The molecule has 2 aliphatic carbocycles. The topological polar surface area (TPSA) is 67.9 Å². The van der Waals surface area contributed by atoms with Crippen LogP contribution in [0.15, 0.2) is 83.8 Å². The highest BCUT2D eigenvalue weighted by molar-refractivity contribution is 7.92. The van der Waals surface area contributed by atoms with Crippen molar-refractivity contribution in [3.8, 4) is 0 Å². The van der Waals surface area contributed by atoms with E-state index in [1.165, 1.54) is 5.56 Å². The number of aryl methyl sites for hydroxylation is 2. The predicted octanol–water partition coefficient (Wildman–Crippen LogP) is 7.34. The van der Waals surface area contributed by atoms with E-state index in [1.54, 1.807) is 28.6 Å². The Hall–Kier alpha value is -2.71. The summed E-state index contributed by atoms with van der Waals surface area (Å²) >= 11 is 0. The maximum absolute atomic E-state index is 14.7. The predicted molar refractivity (Wildman–Crippen MR) is 166 cm³/mol. The van der Waals surface area contributed by atoms with Gasteiger partial charge in [0.15, 0.2) is 6.29 Å². The molecule has 0 aromatic heterocycles. The Labute approximate surface area is 251 Å². The normalized spacial score (nSPS) is 32.1. The molecule has 7 heteroatoms. The number of hydroxylamine groups is 1. The summed E-state index contributed by atoms with van der Waals surface area (Å²) in [5.74, 6) is 0.235. The molecular weight excluding hydrogens is 544 g/mol. The maximum atomic E-state index is 14.7. The third-order valence-electron chi connectivity index (χ3n) is 10.6. The van der Waals surface area contributed by atoms with Crippen LogP contribution in [0.25, 0.3) is 0 Å². The highest BCUT2D eigenvalue weighted by Crippen LogP contribution is 2.68. The smallest absolute Gasteiger partial charge is 0.264 e. The van der Waals surface area contributed by atoms with Crippen LogP contribution < -0.4 is 9.79 Å². The fraction of sp³-hybridized carbons (Fsp3) is 0.486. The molecule has 2 bridgehead atoms. The van der Waals surface area contributed by atoms with Gasteiger partial charge in [0, 0.05) is 11.3 Å². The van der Waals surface area contributed by atoms with Crippen LogP contribution in [0.1, 0.15) is 69.7 Å². The Balaban J connectivity index is 1.41. The number of benzene rings is 3. The Morgan fingerprint density at radius 1 is 0.929 bits per heavy atom. The Morgan fingerprint density at radius 3 is 2.17 bits per heavy atom. The van der Waals surface area contributed by atoms with Crippen LogP contribution in [-0.4, -0.2) is 26.9 Å². The summed E-state index contributed by atoms with van der Waals surface area (Å²) in [4.78, 5) is 6.54. The summed E-state index contributed by atoms with van der Waals surface area (Å²) in [6.07, 6.45) is 1.95. The van der Waals surface area contributed by atoms with Gasteiger partial charge < -0.3 is 4.74 Å². The minimum atomic E-state index is -3.91. The van der Waals surface area contributed by atoms with Gasteiger partial charge in [-0.2, -0.15) is 5.48 Å². The van der Waals surface area contributed by atoms with E-state index in [-0.39, 0.29) is 40.9 Å². The Morgan fingerprint density at radius 2 is 1.55 bits per heavy atom. The zero-order valence-corrected chi connectivity index (χ0v) is 26.4. The molecule has 3 aromatic carbocycles. The number of ether oxygens (including phenoxy) is 1. The summed E-state index contributed by atoms with van der Waals surface area (Å²) in [5.41, 5.74) is 6.83. The number of nitrogens with one attached hydrogen (secondary N) is 1. The van der Waals surface area contributed by atoms with E-state index in [1.807, 2.05) is 50.2 Å². The molecule has 3 fully saturated rings. The molecule has 224 valence electrons. The molecular formula is C35H44N2O4S. The fourth-order valence-corrected chi connectivity index (χ4v) is 9.71. The van der Waals surface area contributed by atoms with Gasteiger partial charge >= 0.3 is 0 Å². The van der Waals surface area contributed by atoms with E-state index in [0.29, 0.717) is 10.6 Å². The van der Waals surface area contributed by atoms with Gasteiger partial charge in [0.1, 0.15) is 0 Å². The van der Waals surface area contributed by atoms with Crippen molar-refractivity contribution < 1.29 is 18.0 Å². The first kappa shape index (κ1) is 29.4. The van der Waals surface area contributed by atoms with E-state index in [4.69, 9.17) is 9.57 Å². The lowest BCUT2D eigenvalue weighted by atomic mass is 9.70. The van der Waals surface area contributed by atoms with Gasteiger partial charge in [-0.05, 0) is 85.4 Å². The molecule has 7 atom stereocenters. The molecule has 0 spiro atoms. The van der Waals surface area contributed by atoms with E-state index in [2.05, 4.69) is 51.4 Å². The number of rotatable bonds is 7. The molecule has 1 heterocycles. The van der Waals surface area contributed by atoms with Crippen LogP contribution >= 0.6 is 0 Å². The third-order valence-corrected chi connectivity index (χ3v) is 12.5. The summed E-state index contributed by atoms with van der Waals surface area (Å²) < 4.78 is 38.1. The summed E-state index contributed by atoms with van der Waals surface area (Å²) in [6, 6.07) is 24.9. The average Bonchev–Trinajstić information content (AvgIpc) is 3.27. The minimum Gasteiger partial charge on any atom is -0.345 e. The van der Waals surface area contributed by atoms with Gasteiger partial charge in [0.05, 0.1) is 28.8 Å². The van der Waals surface area contributed by atoms with Crippen LogP contribution in [0.4, 0.5) is 5.69 Å². The molecule has 42 heavy (non-hydrogen) atoms.